The Balaban J connectivity index is 3.27. The lowest BCUT2D eigenvalue weighted by atomic mass is 10.2. The Kier molecular flexibility index (Phi) is 6.39. The van der Waals surface area contributed by atoms with Crippen LogP contribution in [0.2, 0.25) is 0 Å². The monoisotopic (exact) mass is 153 g/mol. The van der Waals surface area contributed by atoms with E-state index < -0.39 is 5.97 Å². The molecule has 0 fully saturated rings. The largest absolute Gasteiger partial charge is 0.545 e. The van der Waals surface area contributed by atoms with Crippen molar-refractivity contribution < 1.29 is 9.90 Å². The molecule has 0 radical (unpaired) electrons. The van der Waals surface area contributed by atoms with Crippen LogP contribution in [-0.2, 0) is 4.79 Å². The van der Waals surface area contributed by atoms with Crippen molar-refractivity contribution in [2.45, 2.75) is 26.2 Å². The molecule has 0 heterocycles. The molecule has 0 bridgehead atoms. The van der Waals surface area contributed by atoms with Crippen molar-refractivity contribution in [1.82, 2.24) is 0 Å². The van der Waals surface area contributed by atoms with Gasteiger partial charge in [-0.1, -0.05) is 25.2 Å². The number of carbonyl (C=O) groups is 1. The van der Waals surface area contributed by atoms with Crippen molar-refractivity contribution in [3.63, 3.8) is 0 Å². The number of carboxylic acid groups (broad SMARTS) is 1. The van der Waals surface area contributed by atoms with Gasteiger partial charge in [0.25, 0.3) is 0 Å². The number of allylic oxidation sites excluding steroid dienone is 3. The van der Waals surface area contributed by atoms with Crippen molar-refractivity contribution in [3.05, 3.63) is 24.3 Å². The second-order valence-corrected chi connectivity index (χ2v) is 2.18. The summed E-state index contributed by atoms with van der Waals surface area (Å²) in [4.78, 5) is 9.87. The van der Waals surface area contributed by atoms with E-state index in [0.29, 0.717) is 0 Å². The van der Waals surface area contributed by atoms with E-state index >= 15 is 0 Å². The maximum atomic E-state index is 9.87. The zero-order valence-electron chi connectivity index (χ0n) is 6.75. The lowest BCUT2D eigenvalue weighted by molar-refractivity contribution is -0.297. The van der Waals surface area contributed by atoms with E-state index in [2.05, 4.69) is 13.0 Å². The molecule has 0 aromatic carbocycles. The van der Waals surface area contributed by atoms with Gasteiger partial charge in [-0.25, -0.2) is 0 Å². The quantitative estimate of drug-likeness (QED) is 0.336. The summed E-state index contributed by atoms with van der Waals surface area (Å²) in [5.74, 6) is -1.12. The van der Waals surface area contributed by atoms with E-state index in [1.807, 2.05) is 6.08 Å². The minimum atomic E-state index is -1.12. The van der Waals surface area contributed by atoms with Crippen LogP contribution in [-0.4, -0.2) is 5.97 Å². The maximum Gasteiger partial charge on any atom is 0.0639 e. The molecular weight excluding hydrogens is 140 g/mol. The van der Waals surface area contributed by atoms with Crippen LogP contribution in [0, 0.1) is 0 Å². The Hall–Kier alpha value is -1.05. The normalized spacial score (nSPS) is 11.4. The highest BCUT2D eigenvalue weighted by molar-refractivity contribution is 5.77. The van der Waals surface area contributed by atoms with Crippen molar-refractivity contribution in [1.29, 1.82) is 0 Å². The van der Waals surface area contributed by atoms with Crippen LogP contribution < -0.4 is 5.11 Å². The number of carboxylic acids is 1. The zero-order valence-corrected chi connectivity index (χ0v) is 6.75. The predicted molar refractivity (Wildman–Crippen MR) is 42.8 cm³/mol. The smallest absolute Gasteiger partial charge is 0.0639 e. The van der Waals surface area contributed by atoms with Gasteiger partial charge in [0.1, 0.15) is 0 Å². The fourth-order valence-electron chi connectivity index (χ4n) is 0.657. The average Bonchev–Trinajstić information content (AvgIpc) is 1.96. The van der Waals surface area contributed by atoms with E-state index in [0.717, 1.165) is 25.3 Å². The Morgan fingerprint density at radius 3 is 2.45 bits per heavy atom. The van der Waals surface area contributed by atoms with E-state index in [4.69, 9.17) is 0 Å². The third-order valence-corrected chi connectivity index (χ3v) is 1.16. The molecule has 0 spiro atoms. The van der Waals surface area contributed by atoms with Gasteiger partial charge >= 0.3 is 0 Å². The van der Waals surface area contributed by atoms with Crippen LogP contribution in [0.4, 0.5) is 0 Å². The molecular formula is C9H13O2-. The maximum absolute atomic E-state index is 9.87. The van der Waals surface area contributed by atoms with E-state index in [-0.39, 0.29) is 0 Å². The van der Waals surface area contributed by atoms with Gasteiger partial charge in [-0.15, -0.1) is 0 Å². The first-order chi connectivity index (χ1) is 5.27. The molecule has 0 atom stereocenters. The Bertz CT molecular complexity index is 157. The summed E-state index contributed by atoms with van der Waals surface area (Å²) < 4.78 is 0. The minimum Gasteiger partial charge on any atom is -0.545 e. The lowest BCUT2D eigenvalue weighted by Crippen LogP contribution is -2.18. The first-order valence-corrected chi connectivity index (χ1v) is 3.80. The molecule has 0 aromatic rings. The minimum absolute atomic E-state index is 0.768. The van der Waals surface area contributed by atoms with Gasteiger partial charge in [0.2, 0.25) is 0 Å². The standard InChI is InChI=1S/C9H14O2/c1-2-3-4-5-6-7-8-9(10)11/h3-4,7-8H,2,5-6H2,1H3,(H,10,11)/p-1/b4-3+,8-7+. The predicted octanol–water partition coefficient (Wildman–Crippen LogP) is 1.04. The van der Waals surface area contributed by atoms with Crippen LogP contribution in [0.5, 0.6) is 0 Å². The fourth-order valence-corrected chi connectivity index (χ4v) is 0.657. The van der Waals surface area contributed by atoms with Crippen LogP contribution in [0.15, 0.2) is 24.3 Å². The summed E-state index contributed by atoms with van der Waals surface area (Å²) in [6, 6.07) is 0. The molecule has 11 heavy (non-hydrogen) atoms. The van der Waals surface area contributed by atoms with Gasteiger partial charge in [0.05, 0.1) is 5.97 Å². The first kappa shape index (κ1) is 9.95. The summed E-state index contributed by atoms with van der Waals surface area (Å²) in [7, 11) is 0. The van der Waals surface area contributed by atoms with Gasteiger partial charge in [-0.2, -0.15) is 0 Å². The fraction of sp³-hybridized carbons (Fsp3) is 0.444. The molecule has 0 N–H and O–H groups in total. The van der Waals surface area contributed by atoms with Crippen molar-refractivity contribution in [3.8, 4) is 0 Å². The number of aliphatic carboxylic acids is 1. The molecule has 0 saturated heterocycles. The van der Waals surface area contributed by atoms with Crippen LogP contribution in [0.1, 0.15) is 26.2 Å². The van der Waals surface area contributed by atoms with Crippen LogP contribution in [0.3, 0.4) is 0 Å². The topological polar surface area (TPSA) is 40.1 Å². The van der Waals surface area contributed by atoms with Crippen molar-refractivity contribution >= 4 is 5.97 Å². The number of hydrogen-bond donors (Lipinski definition) is 0. The molecule has 0 aliphatic rings. The van der Waals surface area contributed by atoms with Gasteiger partial charge in [0.15, 0.2) is 0 Å². The number of rotatable bonds is 5. The number of unbranched alkanes of at least 4 members (excludes halogenated alkanes) is 1. The third-order valence-electron chi connectivity index (χ3n) is 1.16. The lowest BCUT2D eigenvalue weighted by Gasteiger charge is -1.89. The molecule has 0 rings (SSSR count). The van der Waals surface area contributed by atoms with E-state index in [1.54, 1.807) is 6.08 Å². The van der Waals surface area contributed by atoms with Crippen LogP contribution in [0.25, 0.3) is 0 Å². The number of hydrogen-bond acceptors (Lipinski definition) is 2. The summed E-state index contributed by atoms with van der Waals surface area (Å²) in [6.45, 7) is 2.06. The third kappa shape index (κ3) is 8.95. The molecule has 2 heteroatoms. The summed E-state index contributed by atoms with van der Waals surface area (Å²) in [5, 5.41) is 9.87. The highest BCUT2D eigenvalue weighted by Crippen LogP contribution is 1.93. The average molecular weight is 153 g/mol. The highest BCUT2D eigenvalue weighted by atomic mass is 16.4. The van der Waals surface area contributed by atoms with Gasteiger partial charge in [0, 0.05) is 0 Å². The summed E-state index contributed by atoms with van der Waals surface area (Å²) >= 11 is 0. The molecule has 2 nitrogen and oxygen atoms in total. The molecule has 0 unspecified atom stereocenters. The van der Waals surface area contributed by atoms with Gasteiger partial charge in [-0.3, -0.25) is 0 Å². The van der Waals surface area contributed by atoms with Crippen LogP contribution >= 0.6 is 0 Å². The van der Waals surface area contributed by atoms with Crippen molar-refractivity contribution in [2.24, 2.45) is 0 Å². The highest BCUT2D eigenvalue weighted by Gasteiger charge is 1.75. The Labute approximate surface area is 67.2 Å². The van der Waals surface area contributed by atoms with Crippen molar-refractivity contribution in [2.75, 3.05) is 0 Å². The summed E-state index contributed by atoms with van der Waals surface area (Å²) in [5.41, 5.74) is 0. The molecule has 0 aromatic heterocycles. The molecule has 62 valence electrons. The Morgan fingerprint density at radius 1 is 1.27 bits per heavy atom. The molecule has 0 aliphatic carbocycles. The molecule has 0 amide bonds. The summed E-state index contributed by atoms with van der Waals surface area (Å²) in [6.07, 6.45) is 9.48. The first-order valence-electron chi connectivity index (χ1n) is 3.80. The SMILES string of the molecule is CC/C=C/CC/C=C/C(=O)[O-]. The Morgan fingerprint density at radius 2 is 1.91 bits per heavy atom. The second kappa shape index (κ2) is 7.06. The van der Waals surface area contributed by atoms with Gasteiger partial charge in [-0.05, 0) is 25.3 Å². The van der Waals surface area contributed by atoms with Gasteiger partial charge < -0.3 is 9.90 Å². The number of carbonyl (C=O) groups excluding carboxylic acids is 1. The molecule has 0 aliphatic heterocycles. The van der Waals surface area contributed by atoms with E-state index in [9.17, 15) is 9.90 Å². The zero-order chi connectivity index (χ0) is 8.53. The second-order valence-electron chi connectivity index (χ2n) is 2.18. The molecule has 0 saturated carbocycles. The van der Waals surface area contributed by atoms with E-state index in [1.165, 1.54) is 0 Å².